The van der Waals surface area contributed by atoms with Crippen LogP contribution in [0.1, 0.15) is 83.7 Å². The molecule has 46 heavy (non-hydrogen) atoms. The molecule has 2 saturated heterocycles. The lowest BCUT2D eigenvalue weighted by atomic mass is 9.88. The molecule has 0 radical (unpaired) electrons. The summed E-state index contributed by atoms with van der Waals surface area (Å²) in [4.78, 5) is 35.6. The van der Waals surface area contributed by atoms with Gasteiger partial charge in [0.15, 0.2) is 11.4 Å². The van der Waals surface area contributed by atoms with Gasteiger partial charge in [0.25, 0.3) is 5.56 Å². The minimum atomic E-state index is -0.679. The normalized spacial score (nSPS) is 19.9. The number of rotatable bonds is 7. The third-order valence-corrected chi connectivity index (χ3v) is 10.2. The van der Waals surface area contributed by atoms with Crippen molar-refractivity contribution in [2.24, 2.45) is 5.92 Å². The minimum absolute atomic E-state index is 0.0116. The van der Waals surface area contributed by atoms with Crippen LogP contribution in [0.5, 0.6) is 5.75 Å². The van der Waals surface area contributed by atoms with Crippen LogP contribution in [0, 0.1) is 18.7 Å². The van der Waals surface area contributed by atoms with Crippen molar-refractivity contribution < 1.29 is 23.9 Å². The lowest BCUT2D eigenvalue weighted by Gasteiger charge is -2.33. The van der Waals surface area contributed by atoms with Gasteiger partial charge in [0, 0.05) is 72.5 Å². The third kappa shape index (κ3) is 5.82. The van der Waals surface area contributed by atoms with Crippen molar-refractivity contribution in [1.29, 1.82) is 0 Å². The van der Waals surface area contributed by atoms with Crippen LogP contribution in [0.15, 0.2) is 45.7 Å². The molecule has 0 bridgehead atoms. The molecule has 242 valence electrons. The largest absolute Gasteiger partial charge is 0.507 e. The highest BCUT2D eigenvalue weighted by Gasteiger charge is 2.30. The summed E-state index contributed by atoms with van der Waals surface area (Å²) in [6.45, 7) is 6.17. The second kappa shape index (κ2) is 12.6. The van der Waals surface area contributed by atoms with E-state index in [2.05, 4.69) is 19.9 Å². The van der Waals surface area contributed by atoms with Crippen molar-refractivity contribution in [3.8, 4) is 5.75 Å². The number of nitrogens with zero attached hydrogens (tertiary/aromatic N) is 5. The van der Waals surface area contributed by atoms with Crippen molar-refractivity contribution in [2.75, 3.05) is 37.6 Å². The van der Waals surface area contributed by atoms with Gasteiger partial charge in [-0.15, -0.1) is 0 Å². The van der Waals surface area contributed by atoms with Crippen LogP contribution in [0.25, 0.3) is 11.0 Å². The SMILES string of the molecule is Cc1nc2n(c(=O)c1CCN1CCC(C(=O)c3ccc(N4CCC(c5noc6cc(F)ccc56)CC4)cc3O)CC1)CCCC2O. The van der Waals surface area contributed by atoms with Crippen LogP contribution in [0.3, 0.4) is 0 Å². The van der Waals surface area contributed by atoms with Gasteiger partial charge < -0.3 is 24.5 Å². The van der Waals surface area contributed by atoms with E-state index in [0.717, 1.165) is 62.2 Å². The number of fused-ring (bicyclic) bond motifs is 2. The second-order valence-corrected chi connectivity index (χ2v) is 13.1. The highest BCUT2D eigenvalue weighted by molar-refractivity contribution is 6.00. The fourth-order valence-corrected chi connectivity index (χ4v) is 7.52. The van der Waals surface area contributed by atoms with E-state index in [9.17, 15) is 24.2 Å². The molecule has 1 atom stereocenters. The summed E-state index contributed by atoms with van der Waals surface area (Å²) in [6.07, 6.45) is 4.40. The molecule has 0 amide bonds. The first-order chi connectivity index (χ1) is 22.3. The summed E-state index contributed by atoms with van der Waals surface area (Å²) < 4.78 is 20.6. The molecule has 10 nitrogen and oxygen atoms in total. The van der Waals surface area contributed by atoms with Crippen molar-refractivity contribution in [3.63, 3.8) is 0 Å². The van der Waals surface area contributed by atoms with Crippen molar-refractivity contribution in [2.45, 2.75) is 70.4 Å². The molecule has 3 aliphatic heterocycles. The Morgan fingerprint density at radius 3 is 2.57 bits per heavy atom. The smallest absolute Gasteiger partial charge is 0.257 e. The van der Waals surface area contributed by atoms with Gasteiger partial charge in [-0.1, -0.05) is 5.16 Å². The zero-order chi connectivity index (χ0) is 31.9. The first-order valence-electron chi connectivity index (χ1n) is 16.4. The topological polar surface area (TPSA) is 125 Å². The van der Waals surface area contributed by atoms with Gasteiger partial charge in [-0.3, -0.25) is 14.2 Å². The molecule has 0 spiro atoms. The molecule has 4 aromatic rings. The zero-order valence-corrected chi connectivity index (χ0v) is 26.1. The van der Waals surface area contributed by atoms with E-state index in [1.54, 1.807) is 22.8 Å². The number of hydrogen-bond donors (Lipinski definition) is 2. The maximum absolute atomic E-state index is 13.6. The maximum Gasteiger partial charge on any atom is 0.257 e. The Labute approximate surface area is 266 Å². The van der Waals surface area contributed by atoms with Crippen molar-refractivity contribution in [3.05, 3.63) is 80.9 Å². The van der Waals surface area contributed by atoms with E-state index in [1.807, 2.05) is 13.0 Å². The van der Waals surface area contributed by atoms with Gasteiger partial charge in [-0.2, -0.15) is 0 Å². The number of phenolic OH excluding ortho intramolecular Hbond substituents is 1. The fraction of sp³-hybridized carbons (Fsp3) is 0.486. The summed E-state index contributed by atoms with van der Waals surface area (Å²) in [5, 5.41) is 26.3. The Bertz CT molecular complexity index is 1820. The molecule has 5 heterocycles. The third-order valence-electron chi connectivity index (χ3n) is 10.2. The second-order valence-electron chi connectivity index (χ2n) is 13.1. The molecular weight excluding hydrogens is 589 g/mol. The Balaban J connectivity index is 0.926. The number of anilines is 1. The summed E-state index contributed by atoms with van der Waals surface area (Å²) in [5.41, 5.74) is 3.92. The first kappa shape index (κ1) is 30.6. The van der Waals surface area contributed by atoms with E-state index in [-0.39, 0.29) is 34.7 Å². The Morgan fingerprint density at radius 2 is 1.80 bits per heavy atom. The molecule has 0 aliphatic carbocycles. The van der Waals surface area contributed by atoms with E-state index in [4.69, 9.17) is 4.52 Å². The number of phenols is 1. The highest BCUT2D eigenvalue weighted by Crippen LogP contribution is 2.36. The average Bonchev–Trinajstić information content (AvgIpc) is 3.48. The van der Waals surface area contributed by atoms with Crippen LogP contribution in [0.2, 0.25) is 0 Å². The standard InChI is InChI=1S/C35H40FN5O5/c1-21-26(35(45)41-13-2-3-29(42)34(41)37-21)12-16-39-14-8-23(9-15-39)33(44)27-7-5-25(20-30(27)43)40-17-10-22(11-18-40)32-28-6-4-24(36)19-31(28)46-38-32/h4-7,19-20,22-23,29,42-43H,2-3,8-18H2,1H3. The minimum Gasteiger partial charge on any atom is -0.507 e. The monoisotopic (exact) mass is 629 g/mol. The molecule has 2 N–H and O–H groups in total. The van der Waals surface area contributed by atoms with E-state index in [1.165, 1.54) is 12.1 Å². The maximum atomic E-state index is 13.6. The average molecular weight is 630 g/mol. The summed E-state index contributed by atoms with van der Waals surface area (Å²) in [5.74, 6) is 0.171. The number of ketones is 1. The first-order valence-corrected chi connectivity index (χ1v) is 16.4. The van der Waals surface area contributed by atoms with E-state index >= 15 is 0 Å². The van der Waals surface area contributed by atoms with Crippen LogP contribution < -0.4 is 10.5 Å². The number of aliphatic hydroxyl groups excluding tert-OH is 1. The number of benzene rings is 2. The number of likely N-dealkylation sites (tertiary alicyclic amines) is 1. The number of Topliss-reactive ketones (excluding diaryl/α,β-unsaturated/α-hetero) is 1. The summed E-state index contributed by atoms with van der Waals surface area (Å²) >= 11 is 0. The molecule has 1 unspecified atom stereocenters. The quantitative estimate of drug-likeness (QED) is 0.275. The Morgan fingerprint density at radius 1 is 1.02 bits per heavy atom. The number of carbonyl (C=O) groups excluding carboxylic acids is 1. The number of hydrogen-bond acceptors (Lipinski definition) is 9. The van der Waals surface area contributed by atoms with Crippen LogP contribution in [-0.2, 0) is 13.0 Å². The predicted molar refractivity (Wildman–Crippen MR) is 171 cm³/mol. The molecule has 7 rings (SSSR count). The number of aromatic hydroxyl groups is 1. The molecule has 2 aromatic heterocycles. The summed E-state index contributed by atoms with van der Waals surface area (Å²) in [7, 11) is 0. The van der Waals surface area contributed by atoms with Crippen LogP contribution >= 0.6 is 0 Å². The fourth-order valence-electron chi connectivity index (χ4n) is 7.52. The summed E-state index contributed by atoms with van der Waals surface area (Å²) in [6, 6.07) is 9.89. The number of aliphatic hydroxyl groups is 1. The van der Waals surface area contributed by atoms with Gasteiger partial charge in [-0.05, 0) is 89.2 Å². The number of piperidine rings is 2. The van der Waals surface area contributed by atoms with Crippen molar-refractivity contribution >= 4 is 22.4 Å². The van der Waals surface area contributed by atoms with Gasteiger partial charge in [0.2, 0.25) is 0 Å². The Kier molecular flexibility index (Phi) is 8.37. The van der Waals surface area contributed by atoms with Gasteiger partial charge in [0.1, 0.15) is 23.5 Å². The Hall–Kier alpha value is -4.09. The molecule has 11 heteroatoms. The van der Waals surface area contributed by atoms with Crippen molar-refractivity contribution in [1.82, 2.24) is 19.6 Å². The zero-order valence-electron chi connectivity index (χ0n) is 26.1. The predicted octanol–water partition coefficient (Wildman–Crippen LogP) is 4.89. The highest BCUT2D eigenvalue weighted by atomic mass is 19.1. The molecular formula is C35H40FN5O5. The van der Waals surface area contributed by atoms with Gasteiger partial charge in [0.05, 0.1) is 11.3 Å². The van der Waals surface area contributed by atoms with E-state index in [0.29, 0.717) is 67.0 Å². The van der Waals surface area contributed by atoms with E-state index < -0.39 is 6.10 Å². The van der Waals surface area contributed by atoms with Crippen LogP contribution in [-0.4, -0.2) is 68.3 Å². The number of carbonyl (C=O) groups is 1. The molecule has 2 aromatic carbocycles. The lowest BCUT2D eigenvalue weighted by Crippen LogP contribution is -2.39. The van der Waals surface area contributed by atoms with Crippen LogP contribution in [0.4, 0.5) is 10.1 Å². The number of aryl methyl sites for hydroxylation is 1. The number of aromatic nitrogens is 3. The number of halogens is 1. The molecule has 2 fully saturated rings. The molecule has 0 saturated carbocycles. The van der Waals surface area contributed by atoms with Gasteiger partial charge >= 0.3 is 0 Å². The lowest BCUT2D eigenvalue weighted by molar-refractivity contribution is 0.0838. The molecule has 3 aliphatic rings. The van der Waals surface area contributed by atoms with Gasteiger partial charge in [-0.25, -0.2) is 9.37 Å².